The summed E-state index contributed by atoms with van der Waals surface area (Å²) >= 11 is 0. The van der Waals surface area contributed by atoms with Crippen molar-refractivity contribution in [3.05, 3.63) is 48.2 Å². The number of hydrogen-bond donors (Lipinski definition) is 0. The molecule has 2 rings (SSSR count). The zero-order valence-corrected chi connectivity index (χ0v) is 12.1. The smallest absolute Gasteiger partial charge is 0.177 e. The lowest BCUT2D eigenvalue weighted by Gasteiger charge is -2.13. The fourth-order valence-electron chi connectivity index (χ4n) is 1.94. The van der Waals surface area contributed by atoms with Gasteiger partial charge in [-0.05, 0) is 17.5 Å². The topological polar surface area (TPSA) is 47.0 Å². The summed E-state index contributed by atoms with van der Waals surface area (Å²) in [5.74, 6) is 0.212. The molecule has 100 valence electrons. The van der Waals surface area contributed by atoms with Gasteiger partial charge in [-0.3, -0.25) is 4.98 Å². The van der Waals surface area contributed by atoms with Crippen molar-refractivity contribution in [1.82, 2.24) is 4.98 Å². The van der Waals surface area contributed by atoms with Crippen LogP contribution in [0.4, 0.5) is 0 Å². The molecule has 0 fully saturated rings. The molecule has 1 aromatic carbocycles. The van der Waals surface area contributed by atoms with E-state index in [0.717, 1.165) is 16.8 Å². The highest BCUT2D eigenvalue weighted by molar-refractivity contribution is 7.90. The molecule has 4 heteroatoms. The maximum absolute atomic E-state index is 11.6. The first-order valence-corrected chi connectivity index (χ1v) is 8.04. The third-order valence-electron chi connectivity index (χ3n) is 2.99. The summed E-state index contributed by atoms with van der Waals surface area (Å²) in [6.45, 7) is 4.07. The van der Waals surface area contributed by atoms with Crippen molar-refractivity contribution in [3.8, 4) is 11.3 Å². The fourth-order valence-corrected chi connectivity index (χ4v) is 2.53. The first-order valence-electron chi connectivity index (χ1n) is 6.15. The molecule has 0 amide bonds. The standard InChI is InChI=1S/C15H17NO2S/c1-11(2)14-9-13(19(3,17)18)10-16-15(14)12-7-5-4-6-8-12/h4-11H,1-3H3. The number of sulfone groups is 1. The highest BCUT2D eigenvalue weighted by Gasteiger charge is 2.15. The Bertz CT molecular complexity index is 677. The lowest BCUT2D eigenvalue weighted by atomic mass is 9.97. The van der Waals surface area contributed by atoms with Crippen LogP contribution in [0.3, 0.4) is 0 Å². The maximum Gasteiger partial charge on any atom is 0.177 e. The Morgan fingerprint density at radius 3 is 2.26 bits per heavy atom. The van der Waals surface area contributed by atoms with Crippen LogP contribution in [0.5, 0.6) is 0 Å². The fraction of sp³-hybridized carbons (Fsp3) is 0.267. The molecule has 0 aliphatic heterocycles. The quantitative estimate of drug-likeness (QED) is 0.863. The molecule has 0 spiro atoms. The van der Waals surface area contributed by atoms with Gasteiger partial charge >= 0.3 is 0 Å². The normalized spacial score (nSPS) is 11.8. The Morgan fingerprint density at radius 1 is 1.11 bits per heavy atom. The number of rotatable bonds is 3. The van der Waals surface area contributed by atoms with Crippen LogP contribution in [0, 0.1) is 0 Å². The molecule has 0 radical (unpaired) electrons. The summed E-state index contributed by atoms with van der Waals surface area (Å²) in [5.41, 5.74) is 2.81. The van der Waals surface area contributed by atoms with E-state index < -0.39 is 9.84 Å². The van der Waals surface area contributed by atoms with Crippen LogP contribution in [-0.2, 0) is 9.84 Å². The van der Waals surface area contributed by atoms with Gasteiger partial charge in [0, 0.05) is 18.0 Å². The molecule has 0 saturated heterocycles. The van der Waals surface area contributed by atoms with Crippen molar-refractivity contribution >= 4 is 9.84 Å². The Balaban J connectivity index is 2.64. The van der Waals surface area contributed by atoms with Gasteiger partial charge in [0.2, 0.25) is 0 Å². The third kappa shape index (κ3) is 3.01. The average Bonchev–Trinajstić information content (AvgIpc) is 2.38. The minimum atomic E-state index is -3.22. The molecule has 2 aromatic rings. The number of hydrogen-bond acceptors (Lipinski definition) is 3. The minimum absolute atomic E-state index is 0.212. The molecule has 0 unspecified atom stereocenters. The van der Waals surface area contributed by atoms with Crippen LogP contribution in [0.25, 0.3) is 11.3 Å². The SMILES string of the molecule is CC(C)c1cc(S(C)(=O)=O)cnc1-c1ccccc1. The van der Waals surface area contributed by atoms with Gasteiger partial charge in [-0.15, -0.1) is 0 Å². The summed E-state index contributed by atoms with van der Waals surface area (Å²) in [6, 6.07) is 11.5. The molecule has 1 heterocycles. The summed E-state index contributed by atoms with van der Waals surface area (Å²) < 4.78 is 23.2. The van der Waals surface area contributed by atoms with Crippen LogP contribution in [0.2, 0.25) is 0 Å². The molecule has 0 aliphatic carbocycles. The highest BCUT2D eigenvalue weighted by Crippen LogP contribution is 2.28. The van der Waals surface area contributed by atoms with E-state index in [1.54, 1.807) is 6.07 Å². The molecule has 0 N–H and O–H groups in total. The molecule has 1 aromatic heterocycles. The first kappa shape index (κ1) is 13.7. The molecular weight excluding hydrogens is 258 g/mol. The summed E-state index contributed by atoms with van der Waals surface area (Å²) in [6.07, 6.45) is 2.64. The van der Waals surface area contributed by atoms with Crippen LogP contribution in [0.1, 0.15) is 25.3 Å². The Hall–Kier alpha value is -1.68. The van der Waals surface area contributed by atoms with E-state index in [2.05, 4.69) is 4.98 Å². The van der Waals surface area contributed by atoms with Crippen LogP contribution < -0.4 is 0 Å². The number of aromatic nitrogens is 1. The second-order valence-corrected chi connectivity index (χ2v) is 6.92. The minimum Gasteiger partial charge on any atom is -0.255 e. The monoisotopic (exact) mass is 275 g/mol. The van der Waals surface area contributed by atoms with E-state index >= 15 is 0 Å². The summed E-state index contributed by atoms with van der Waals surface area (Å²) in [5, 5.41) is 0. The second kappa shape index (κ2) is 5.13. The van der Waals surface area contributed by atoms with Crippen molar-refractivity contribution in [2.75, 3.05) is 6.26 Å². The summed E-state index contributed by atoms with van der Waals surface area (Å²) in [7, 11) is -3.22. The van der Waals surface area contributed by atoms with E-state index in [-0.39, 0.29) is 10.8 Å². The van der Waals surface area contributed by atoms with Crippen LogP contribution >= 0.6 is 0 Å². The molecular formula is C15H17NO2S. The maximum atomic E-state index is 11.6. The van der Waals surface area contributed by atoms with E-state index in [0.29, 0.717) is 0 Å². The van der Waals surface area contributed by atoms with E-state index in [1.165, 1.54) is 12.5 Å². The predicted octanol–water partition coefficient (Wildman–Crippen LogP) is 3.28. The van der Waals surface area contributed by atoms with Gasteiger partial charge in [0.05, 0.1) is 10.6 Å². The molecule has 0 atom stereocenters. The predicted molar refractivity (Wildman–Crippen MR) is 76.9 cm³/mol. The van der Waals surface area contributed by atoms with Gasteiger partial charge in [-0.25, -0.2) is 8.42 Å². The molecule has 0 bridgehead atoms. The van der Waals surface area contributed by atoms with Gasteiger partial charge in [-0.1, -0.05) is 44.2 Å². The van der Waals surface area contributed by atoms with Crippen molar-refractivity contribution in [1.29, 1.82) is 0 Å². The molecule has 19 heavy (non-hydrogen) atoms. The Morgan fingerprint density at radius 2 is 1.74 bits per heavy atom. The van der Waals surface area contributed by atoms with Gasteiger partial charge in [-0.2, -0.15) is 0 Å². The van der Waals surface area contributed by atoms with Crippen LogP contribution in [-0.4, -0.2) is 19.7 Å². The molecule has 0 aliphatic rings. The van der Waals surface area contributed by atoms with Crippen molar-refractivity contribution in [2.45, 2.75) is 24.7 Å². The van der Waals surface area contributed by atoms with Crippen LogP contribution in [0.15, 0.2) is 47.5 Å². The zero-order valence-electron chi connectivity index (χ0n) is 11.3. The Kier molecular flexibility index (Phi) is 3.71. The average molecular weight is 275 g/mol. The van der Waals surface area contributed by atoms with Crippen molar-refractivity contribution < 1.29 is 8.42 Å². The largest absolute Gasteiger partial charge is 0.255 e. The van der Waals surface area contributed by atoms with Crippen molar-refractivity contribution in [2.24, 2.45) is 0 Å². The van der Waals surface area contributed by atoms with Gasteiger partial charge in [0.1, 0.15) is 0 Å². The molecule has 0 saturated carbocycles. The van der Waals surface area contributed by atoms with E-state index in [4.69, 9.17) is 0 Å². The van der Waals surface area contributed by atoms with Gasteiger partial charge in [0.15, 0.2) is 9.84 Å². The van der Waals surface area contributed by atoms with Gasteiger partial charge < -0.3 is 0 Å². The number of pyridine rings is 1. The lowest BCUT2D eigenvalue weighted by molar-refractivity contribution is 0.601. The highest BCUT2D eigenvalue weighted by atomic mass is 32.2. The van der Waals surface area contributed by atoms with Crippen molar-refractivity contribution in [3.63, 3.8) is 0 Å². The molecule has 3 nitrogen and oxygen atoms in total. The van der Waals surface area contributed by atoms with Gasteiger partial charge in [0.25, 0.3) is 0 Å². The lowest BCUT2D eigenvalue weighted by Crippen LogP contribution is -2.03. The zero-order chi connectivity index (χ0) is 14.0. The Labute approximate surface area is 114 Å². The summed E-state index contributed by atoms with van der Waals surface area (Å²) in [4.78, 5) is 4.63. The number of benzene rings is 1. The number of nitrogens with zero attached hydrogens (tertiary/aromatic N) is 1. The first-order chi connectivity index (χ1) is 8.89. The van der Waals surface area contributed by atoms with E-state index in [9.17, 15) is 8.42 Å². The second-order valence-electron chi connectivity index (χ2n) is 4.90. The third-order valence-corrected chi connectivity index (χ3v) is 4.07. The van der Waals surface area contributed by atoms with E-state index in [1.807, 2.05) is 44.2 Å².